The van der Waals surface area contributed by atoms with Crippen molar-refractivity contribution in [3.63, 3.8) is 0 Å². The molecule has 1 unspecified atom stereocenters. The minimum atomic E-state index is -0.0312. The van der Waals surface area contributed by atoms with E-state index in [-0.39, 0.29) is 11.8 Å². The van der Waals surface area contributed by atoms with Gasteiger partial charge in [0.05, 0.1) is 12.1 Å². The van der Waals surface area contributed by atoms with Crippen LogP contribution in [0.4, 0.5) is 0 Å². The van der Waals surface area contributed by atoms with Gasteiger partial charge in [0.25, 0.3) is 0 Å². The molecule has 3 heteroatoms. The fraction of sp³-hybridized carbons (Fsp3) is 0.286. The number of Topliss-reactive ketones (excluding diaryl/α,β-unsaturated/α-hetero) is 1. The van der Waals surface area contributed by atoms with Gasteiger partial charge >= 0.3 is 0 Å². The summed E-state index contributed by atoms with van der Waals surface area (Å²) in [4.78, 5) is 17.9. The number of fused-ring (bicyclic) bond motifs is 2. The normalized spacial score (nSPS) is 18.3. The van der Waals surface area contributed by atoms with E-state index in [1.165, 1.54) is 16.0 Å². The average Bonchev–Trinajstić information content (AvgIpc) is 2.95. The first-order chi connectivity index (χ1) is 11.6. The number of aromatic nitrogens is 1. The Balaban J connectivity index is 1.64. The van der Waals surface area contributed by atoms with E-state index in [2.05, 4.69) is 36.2 Å². The number of quaternary nitrogens is 1. The lowest BCUT2D eigenvalue weighted by molar-refractivity contribution is -0.929. The van der Waals surface area contributed by atoms with E-state index in [0.717, 1.165) is 41.7 Å². The van der Waals surface area contributed by atoms with E-state index in [0.29, 0.717) is 0 Å². The van der Waals surface area contributed by atoms with E-state index in [1.54, 1.807) is 0 Å². The van der Waals surface area contributed by atoms with Crippen molar-refractivity contribution in [2.45, 2.75) is 32.9 Å². The van der Waals surface area contributed by atoms with Crippen molar-refractivity contribution in [3.8, 4) is 0 Å². The molecule has 0 aliphatic carbocycles. The molecule has 0 fully saturated rings. The van der Waals surface area contributed by atoms with Crippen molar-refractivity contribution < 1.29 is 9.69 Å². The fourth-order valence-corrected chi connectivity index (χ4v) is 3.97. The number of carbonyl (C=O) groups is 1. The summed E-state index contributed by atoms with van der Waals surface area (Å²) in [6.45, 7) is 6.03. The topological polar surface area (TPSA) is 37.3 Å². The largest absolute Gasteiger partial charge is 0.358 e. The number of para-hydroxylation sites is 1. The third-order valence-electron chi connectivity index (χ3n) is 5.40. The number of rotatable bonds is 3. The van der Waals surface area contributed by atoms with E-state index < -0.39 is 0 Å². The molecule has 0 saturated carbocycles. The molecule has 3 aromatic rings. The molecule has 0 spiro atoms. The summed E-state index contributed by atoms with van der Waals surface area (Å²) in [5, 5.41) is 1.05. The maximum Gasteiger partial charge on any atom is 0.222 e. The smallest absolute Gasteiger partial charge is 0.222 e. The second-order valence-corrected chi connectivity index (χ2v) is 6.86. The highest BCUT2D eigenvalue weighted by molar-refractivity contribution is 6.10. The Hall–Kier alpha value is -2.39. The first kappa shape index (κ1) is 15.2. The monoisotopic (exact) mass is 319 g/mol. The van der Waals surface area contributed by atoms with Crippen LogP contribution in [-0.4, -0.2) is 23.4 Å². The average molecular weight is 319 g/mol. The molecular weight excluding hydrogens is 296 g/mol. The van der Waals surface area contributed by atoms with E-state index in [4.69, 9.17) is 0 Å². The van der Waals surface area contributed by atoms with Crippen LogP contribution in [0.2, 0.25) is 0 Å². The summed E-state index contributed by atoms with van der Waals surface area (Å²) in [6.07, 6.45) is 1.05. The molecule has 3 nitrogen and oxygen atoms in total. The lowest BCUT2D eigenvalue weighted by Gasteiger charge is -2.30. The van der Waals surface area contributed by atoms with E-state index in [1.807, 2.05) is 31.2 Å². The SMILES string of the molecule is Cc1[nH]c2ccccc2c1C(=O)[C@H](C)[NH+]1CCc2ccccc2C1. The summed E-state index contributed by atoms with van der Waals surface area (Å²) in [5.74, 6) is 0.249. The van der Waals surface area contributed by atoms with Crippen LogP contribution in [-0.2, 0) is 13.0 Å². The molecule has 0 amide bonds. The number of aromatic amines is 1. The molecule has 24 heavy (non-hydrogen) atoms. The van der Waals surface area contributed by atoms with Gasteiger partial charge in [-0.25, -0.2) is 0 Å². The maximum absolute atomic E-state index is 13.2. The zero-order valence-electron chi connectivity index (χ0n) is 14.2. The molecule has 1 aliphatic heterocycles. The number of carbonyl (C=O) groups excluding carboxylic acids is 1. The molecule has 0 saturated heterocycles. The van der Waals surface area contributed by atoms with Crippen LogP contribution in [0.5, 0.6) is 0 Å². The minimum absolute atomic E-state index is 0.0312. The van der Waals surface area contributed by atoms with Crippen LogP contribution >= 0.6 is 0 Å². The van der Waals surface area contributed by atoms with Gasteiger partial charge in [0.2, 0.25) is 5.78 Å². The quantitative estimate of drug-likeness (QED) is 0.716. The van der Waals surface area contributed by atoms with Gasteiger partial charge in [-0.1, -0.05) is 42.5 Å². The summed E-state index contributed by atoms with van der Waals surface area (Å²) in [7, 11) is 0. The summed E-state index contributed by atoms with van der Waals surface area (Å²) in [6, 6.07) is 16.7. The Morgan fingerprint density at radius 3 is 2.62 bits per heavy atom. The van der Waals surface area contributed by atoms with Crippen LogP contribution in [0.15, 0.2) is 48.5 Å². The Kier molecular flexibility index (Phi) is 3.73. The lowest BCUT2D eigenvalue weighted by Crippen LogP contribution is -3.16. The van der Waals surface area contributed by atoms with Crippen LogP contribution in [0, 0.1) is 6.92 Å². The summed E-state index contributed by atoms with van der Waals surface area (Å²) in [5.41, 5.74) is 5.71. The number of nitrogens with one attached hydrogen (secondary N) is 2. The van der Waals surface area contributed by atoms with E-state index in [9.17, 15) is 4.79 Å². The molecule has 0 radical (unpaired) electrons. The van der Waals surface area contributed by atoms with Crippen LogP contribution in [0.3, 0.4) is 0 Å². The molecule has 2 heterocycles. The maximum atomic E-state index is 13.2. The Labute approximate surface area is 142 Å². The molecule has 2 N–H and O–H groups in total. The molecule has 1 aliphatic rings. The van der Waals surface area contributed by atoms with Crippen molar-refractivity contribution in [1.29, 1.82) is 0 Å². The van der Waals surface area contributed by atoms with Gasteiger partial charge < -0.3 is 9.88 Å². The summed E-state index contributed by atoms with van der Waals surface area (Å²) >= 11 is 0. The van der Waals surface area contributed by atoms with Crippen molar-refractivity contribution in [1.82, 2.24) is 4.98 Å². The molecule has 2 atom stereocenters. The number of ketones is 1. The highest BCUT2D eigenvalue weighted by Gasteiger charge is 2.31. The van der Waals surface area contributed by atoms with Gasteiger partial charge in [0, 0.05) is 28.6 Å². The number of hydrogen-bond donors (Lipinski definition) is 2. The van der Waals surface area contributed by atoms with Gasteiger partial charge in [-0.05, 0) is 25.5 Å². The number of aryl methyl sites for hydroxylation is 1. The highest BCUT2D eigenvalue weighted by Crippen LogP contribution is 2.23. The fourth-order valence-electron chi connectivity index (χ4n) is 3.97. The van der Waals surface area contributed by atoms with Crippen molar-refractivity contribution in [3.05, 3.63) is 70.9 Å². The third kappa shape index (κ3) is 2.45. The zero-order valence-corrected chi connectivity index (χ0v) is 14.2. The van der Waals surface area contributed by atoms with Gasteiger partial charge in [0.1, 0.15) is 12.6 Å². The van der Waals surface area contributed by atoms with Crippen molar-refractivity contribution in [2.75, 3.05) is 6.54 Å². The first-order valence-corrected chi connectivity index (χ1v) is 8.68. The first-order valence-electron chi connectivity index (χ1n) is 8.68. The Morgan fingerprint density at radius 2 is 1.79 bits per heavy atom. The van der Waals surface area contributed by atoms with Crippen LogP contribution < -0.4 is 4.90 Å². The van der Waals surface area contributed by atoms with Crippen LogP contribution in [0.1, 0.15) is 34.1 Å². The van der Waals surface area contributed by atoms with Crippen molar-refractivity contribution >= 4 is 16.7 Å². The molecular formula is C21H23N2O+. The standard InChI is InChI=1S/C21H22N2O/c1-14-20(18-9-5-6-10-19(18)22-14)21(24)15(2)23-12-11-16-7-3-4-8-17(16)13-23/h3-10,15,22H,11-13H2,1-2H3/p+1/t15-/m0/s1. The second-order valence-electron chi connectivity index (χ2n) is 6.86. The van der Waals surface area contributed by atoms with E-state index >= 15 is 0 Å². The second kappa shape index (κ2) is 5.91. The Morgan fingerprint density at radius 1 is 1.08 bits per heavy atom. The predicted octanol–water partition coefficient (Wildman–Crippen LogP) is 2.69. The zero-order chi connectivity index (χ0) is 16.7. The predicted molar refractivity (Wildman–Crippen MR) is 96.5 cm³/mol. The minimum Gasteiger partial charge on any atom is -0.358 e. The number of hydrogen-bond acceptors (Lipinski definition) is 1. The third-order valence-corrected chi connectivity index (χ3v) is 5.40. The number of H-pyrrole nitrogens is 1. The van der Waals surface area contributed by atoms with Crippen LogP contribution in [0.25, 0.3) is 10.9 Å². The number of benzene rings is 2. The molecule has 2 aromatic carbocycles. The highest BCUT2D eigenvalue weighted by atomic mass is 16.1. The molecule has 1 aromatic heterocycles. The lowest BCUT2D eigenvalue weighted by atomic mass is 9.95. The van der Waals surface area contributed by atoms with Gasteiger partial charge in [-0.15, -0.1) is 0 Å². The molecule has 122 valence electrons. The molecule has 4 rings (SSSR count). The van der Waals surface area contributed by atoms with Gasteiger partial charge in [-0.3, -0.25) is 4.79 Å². The van der Waals surface area contributed by atoms with Gasteiger partial charge in [0.15, 0.2) is 0 Å². The van der Waals surface area contributed by atoms with Gasteiger partial charge in [-0.2, -0.15) is 0 Å². The summed E-state index contributed by atoms with van der Waals surface area (Å²) < 4.78 is 0. The Bertz CT molecular complexity index is 909. The van der Waals surface area contributed by atoms with Crippen molar-refractivity contribution in [2.24, 2.45) is 0 Å². The molecule has 0 bridgehead atoms.